The molecule has 1 aromatic rings. The van der Waals surface area contributed by atoms with E-state index in [1.165, 1.54) is 0 Å². The molecule has 0 atom stereocenters. The number of carbonyl (C=O) groups is 1. The van der Waals surface area contributed by atoms with E-state index in [0.717, 1.165) is 11.0 Å². The normalized spacial score (nSPS) is 10.7. The molecule has 94 valence electrons. The van der Waals surface area contributed by atoms with Gasteiger partial charge in [0, 0.05) is 17.6 Å². The number of rotatable bonds is 4. The molecule has 0 fully saturated rings. The first-order chi connectivity index (χ1) is 7.97. The molecule has 17 heavy (non-hydrogen) atoms. The third kappa shape index (κ3) is 3.71. The van der Waals surface area contributed by atoms with Crippen LogP contribution >= 0.6 is 27.5 Å². The first-order valence-electron chi connectivity index (χ1n) is 5.70. The van der Waals surface area contributed by atoms with Crippen molar-refractivity contribution in [2.75, 3.05) is 13.1 Å². The predicted octanol–water partition coefficient (Wildman–Crippen LogP) is 4.22. The highest BCUT2D eigenvalue weighted by Crippen LogP contribution is 2.27. The minimum atomic E-state index is -0.00694. The summed E-state index contributed by atoms with van der Waals surface area (Å²) in [7, 11) is 0. The SMILES string of the molecule is CCN(CC(C)C)C(=O)c1cccc(Br)c1Cl. The van der Waals surface area contributed by atoms with Crippen molar-refractivity contribution in [2.24, 2.45) is 5.92 Å². The molecular weight excluding hydrogens is 302 g/mol. The Morgan fingerprint density at radius 2 is 2.12 bits per heavy atom. The van der Waals surface area contributed by atoms with Crippen molar-refractivity contribution in [1.82, 2.24) is 4.90 Å². The van der Waals surface area contributed by atoms with Gasteiger partial charge in [-0.25, -0.2) is 0 Å². The van der Waals surface area contributed by atoms with Gasteiger partial charge in [-0.2, -0.15) is 0 Å². The fourth-order valence-electron chi connectivity index (χ4n) is 1.64. The van der Waals surface area contributed by atoms with E-state index in [-0.39, 0.29) is 5.91 Å². The van der Waals surface area contributed by atoms with E-state index >= 15 is 0 Å². The molecule has 0 unspecified atom stereocenters. The van der Waals surface area contributed by atoms with E-state index in [0.29, 0.717) is 23.0 Å². The molecule has 0 spiro atoms. The van der Waals surface area contributed by atoms with E-state index in [9.17, 15) is 4.79 Å². The van der Waals surface area contributed by atoms with Gasteiger partial charge in [-0.05, 0) is 40.9 Å². The highest BCUT2D eigenvalue weighted by Gasteiger charge is 2.18. The molecule has 1 amide bonds. The van der Waals surface area contributed by atoms with E-state index in [1.807, 2.05) is 24.0 Å². The van der Waals surface area contributed by atoms with Crippen LogP contribution in [0.4, 0.5) is 0 Å². The maximum absolute atomic E-state index is 12.3. The Bertz CT molecular complexity index is 406. The number of nitrogens with zero attached hydrogens (tertiary/aromatic N) is 1. The van der Waals surface area contributed by atoms with Gasteiger partial charge in [-0.1, -0.05) is 31.5 Å². The fraction of sp³-hybridized carbons (Fsp3) is 0.462. The second kappa shape index (κ2) is 6.41. The zero-order chi connectivity index (χ0) is 13.0. The van der Waals surface area contributed by atoms with Crippen LogP contribution in [-0.2, 0) is 0 Å². The molecule has 0 saturated carbocycles. The molecular formula is C13H17BrClNO. The second-order valence-corrected chi connectivity index (χ2v) is 5.57. The molecule has 0 N–H and O–H groups in total. The van der Waals surface area contributed by atoms with Crippen LogP contribution in [0.15, 0.2) is 22.7 Å². The average molecular weight is 319 g/mol. The van der Waals surface area contributed by atoms with Crippen LogP contribution in [0.3, 0.4) is 0 Å². The van der Waals surface area contributed by atoms with E-state index in [2.05, 4.69) is 29.8 Å². The van der Waals surface area contributed by atoms with Gasteiger partial charge >= 0.3 is 0 Å². The summed E-state index contributed by atoms with van der Waals surface area (Å²) in [4.78, 5) is 14.1. The fourth-order valence-corrected chi connectivity index (χ4v) is 2.21. The zero-order valence-corrected chi connectivity index (χ0v) is 12.7. The van der Waals surface area contributed by atoms with Crippen LogP contribution in [-0.4, -0.2) is 23.9 Å². The Hall–Kier alpha value is -0.540. The maximum Gasteiger partial charge on any atom is 0.255 e. The van der Waals surface area contributed by atoms with E-state index in [1.54, 1.807) is 6.07 Å². The van der Waals surface area contributed by atoms with Crippen LogP contribution in [0.1, 0.15) is 31.1 Å². The summed E-state index contributed by atoms with van der Waals surface area (Å²) in [5.41, 5.74) is 0.559. The first-order valence-corrected chi connectivity index (χ1v) is 6.87. The van der Waals surface area contributed by atoms with Crippen LogP contribution in [0.5, 0.6) is 0 Å². The molecule has 1 aromatic carbocycles. The summed E-state index contributed by atoms with van der Waals surface area (Å²) in [6.45, 7) is 7.61. The average Bonchev–Trinajstić information content (AvgIpc) is 2.28. The number of hydrogen-bond acceptors (Lipinski definition) is 1. The number of carbonyl (C=O) groups excluding carboxylic acids is 1. The van der Waals surface area contributed by atoms with Crippen LogP contribution in [0.25, 0.3) is 0 Å². The maximum atomic E-state index is 12.3. The summed E-state index contributed by atoms with van der Waals surface area (Å²) in [5, 5.41) is 0.486. The highest BCUT2D eigenvalue weighted by molar-refractivity contribution is 9.10. The number of halogens is 2. The second-order valence-electron chi connectivity index (χ2n) is 4.34. The summed E-state index contributed by atoms with van der Waals surface area (Å²) >= 11 is 9.46. The smallest absolute Gasteiger partial charge is 0.255 e. The van der Waals surface area contributed by atoms with E-state index in [4.69, 9.17) is 11.6 Å². The van der Waals surface area contributed by atoms with Crippen molar-refractivity contribution in [3.05, 3.63) is 33.3 Å². The van der Waals surface area contributed by atoms with Crippen molar-refractivity contribution >= 4 is 33.4 Å². The lowest BCUT2D eigenvalue weighted by molar-refractivity contribution is 0.0746. The van der Waals surface area contributed by atoms with Crippen molar-refractivity contribution in [2.45, 2.75) is 20.8 Å². The molecule has 0 radical (unpaired) electrons. The molecule has 0 aliphatic carbocycles. The minimum Gasteiger partial charge on any atom is -0.339 e. The minimum absolute atomic E-state index is 0.00694. The Morgan fingerprint density at radius 1 is 1.47 bits per heavy atom. The van der Waals surface area contributed by atoms with Gasteiger partial charge in [0.15, 0.2) is 0 Å². The molecule has 0 aliphatic rings. The van der Waals surface area contributed by atoms with Crippen molar-refractivity contribution in [1.29, 1.82) is 0 Å². The summed E-state index contributed by atoms with van der Waals surface area (Å²) < 4.78 is 0.755. The largest absolute Gasteiger partial charge is 0.339 e. The lowest BCUT2D eigenvalue weighted by Crippen LogP contribution is -2.34. The van der Waals surface area contributed by atoms with Crippen LogP contribution in [0, 0.1) is 5.92 Å². The lowest BCUT2D eigenvalue weighted by Gasteiger charge is -2.23. The number of hydrogen-bond donors (Lipinski definition) is 0. The van der Waals surface area contributed by atoms with Gasteiger partial charge in [0.1, 0.15) is 0 Å². The Balaban J connectivity index is 2.98. The molecule has 0 heterocycles. The Morgan fingerprint density at radius 3 is 2.65 bits per heavy atom. The monoisotopic (exact) mass is 317 g/mol. The molecule has 0 aliphatic heterocycles. The van der Waals surface area contributed by atoms with Gasteiger partial charge < -0.3 is 4.90 Å². The van der Waals surface area contributed by atoms with Crippen LogP contribution < -0.4 is 0 Å². The summed E-state index contributed by atoms with van der Waals surface area (Å²) in [6, 6.07) is 5.42. The van der Waals surface area contributed by atoms with Gasteiger partial charge in [-0.15, -0.1) is 0 Å². The standard InChI is InChI=1S/C13H17BrClNO/c1-4-16(8-9(2)3)13(17)10-6-5-7-11(14)12(10)15/h5-7,9H,4,8H2,1-3H3. The molecule has 0 saturated heterocycles. The molecule has 0 aromatic heterocycles. The Kier molecular flexibility index (Phi) is 5.47. The summed E-state index contributed by atoms with van der Waals surface area (Å²) in [5.74, 6) is 0.442. The highest BCUT2D eigenvalue weighted by atomic mass is 79.9. The lowest BCUT2D eigenvalue weighted by atomic mass is 10.1. The van der Waals surface area contributed by atoms with Gasteiger partial charge in [-0.3, -0.25) is 4.79 Å². The van der Waals surface area contributed by atoms with Gasteiger partial charge in [0.05, 0.1) is 10.6 Å². The Labute approximate surface area is 116 Å². The van der Waals surface area contributed by atoms with Crippen molar-refractivity contribution in [3.63, 3.8) is 0 Å². The molecule has 2 nitrogen and oxygen atoms in total. The number of benzene rings is 1. The zero-order valence-electron chi connectivity index (χ0n) is 10.3. The first kappa shape index (κ1) is 14.5. The van der Waals surface area contributed by atoms with E-state index < -0.39 is 0 Å². The van der Waals surface area contributed by atoms with Gasteiger partial charge in [0.25, 0.3) is 5.91 Å². The summed E-state index contributed by atoms with van der Waals surface area (Å²) in [6.07, 6.45) is 0. The third-order valence-corrected chi connectivity index (χ3v) is 3.73. The molecule has 1 rings (SSSR count). The predicted molar refractivity (Wildman–Crippen MR) is 75.6 cm³/mol. The van der Waals surface area contributed by atoms with Crippen molar-refractivity contribution < 1.29 is 4.79 Å². The topological polar surface area (TPSA) is 20.3 Å². The quantitative estimate of drug-likeness (QED) is 0.814. The van der Waals surface area contributed by atoms with Gasteiger partial charge in [0.2, 0.25) is 0 Å². The van der Waals surface area contributed by atoms with Crippen molar-refractivity contribution in [3.8, 4) is 0 Å². The number of amides is 1. The molecule has 4 heteroatoms. The third-order valence-electron chi connectivity index (χ3n) is 2.44. The molecule has 0 bridgehead atoms. The van der Waals surface area contributed by atoms with Crippen LogP contribution in [0.2, 0.25) is 5.02 Å².